The third-order valence-electron chi connectivity index (χ3n) is 3.91. The molecule has 1 saturated heterocycles. The van der Waals surface area contributed by atoms with E-state index in [2.05, 4.69) is 15.3 Å². The number of rotatable bonds is 4. The largest absolute Gasteiger partial charge is 0.484 e. The van der Waals surface area contributed by atoms with Gasteiger partial charge in [0.25, 0.3) is 11.5 Å². The molecule has 1 aliphatic heterocycles. The lowest BCUT2D eigenvalue weighted by Crippen LogP contribution is -2.51. The number of hydrogen-bond acceptors (Lipinski definition) is 5. The first kappa shape index (κ1) is 17.4. The lowest BCUT2D eigenvalue weighted by molar-refractivity contribution is -0.0136. The van der Waals surface area contributed by atoms with Gasteiger partial charge in [-0.2, -0.15) is 0 Å². The minimum atomic E-state index is -0.433. The summed E-state index contributed by atoms with van der Waals surface area (Å²) in [7, 11) is 0. The van der Waals surface area contributed by atoms with Crippen LogP contribution in [0.1, 0.15) is 22.5 Å². The summed E-state index contributed by atoms with van der Waals surface area (Å²) >= 11 is 5.77. The molecule has 0 aliphatic carbocycles. The van der Waals surface area contributed by atoms with Crippen LogP contribution in [0.15, 0.2) is 35.4 Å². The van der Waals surface area contributed by atoms with Gasteiger partial charge >= 0.3 is 0 Å². The van der Waals surface area contributed by atoms with Gasteiger partial charge in [0, 0.05) is 18.5 Å². The number of nitrogens with zero attached hydrogens (tertiary/aromatic N) is 1. The number of aromatic nitrogens is 2. The zero-order valence-corrected chi connectivity index (χ0v) is 14.4. The van der Waals surface area contributed by atoms with Crippen LogP contribution in [0, 0.1) is 6.92 Å². The van der Waals surface area contributed by atoms with Gasteiger partial charge in [0.05, 0.1) is 24.4 Å². The van der Waals surface area contributed by atoms with Gasteiger partial charge < -0.3 is 19.8 Å². The zero-order chi connectivity index (χ0) is 17.8. The molecule has 0 spiro atoms. The number of amides is 1. The SMILES string of the molecule is Cc1ccc(O[C@H]2COCC[C@H]2NC(=O)c2c[nH]c(=O)c(Cl)c2)cn1. The molecule has 0 saturated carbocycles. The van der Waals surface area contributed by atoms with Crippen LogP contribution in [0.3, 0.4) is 0 Å². The van der Waals surface area contributed by atoms with Crippen LogP contribution in [0.2, 0.25) is 5.02 Å². The van der Waals surface area contributed by atoms with Crippen LogP contribution in [-0.2, 0) is 4.74 Å². The second-order valence-corrected chi connectivity index (χ2v) is 6.21. The highest BCUT2D eigenvalue weighted by molar-refractivity contribution is 6.30. The van der Waals surface area contributed by atoms with Gasteiger partial charge in [-0.05, 0) is 31.5 Å². The molecule has 3 heterocycles. The number of hydrogen-bond donors (Lipinski definition) is 2. The maximum Gasteiger partial charge on any atom is 0.266 e. The predicted octanol–water partition coefficient (Wildman–Crippen LogP) is 1.70. The van der Waals surface area contributed by atoms with Gasteiger partial charge in [-0.15, -0.1) is 0 Å². The first-order valence-electron chi connectivity index (χ1n) is 7.89. The Bertz CT molecular complexity index is 806. The molecule has 1 aliphatic rings. The smallest absolute Gasteiger partial charge is 0.266 e. The van der Waals surface area contributed by atoms with E-state index in [1.54, 1.807) is 6.20 Å². The molecule has 0 radical (unpaired) electrons. The van der Waals surface area contributed by atoms with E-state index in [0.29, 0.717) is 25.4 Å². The molecule has 25 heavy (non-hydrogen) atoms. The number of ether oxygens (including phenoxy) is 2. The summed E-state index contributed by atoms with van der Waals surface area (Å²) in [6.07, 6.45) is 3.26. The Balaban J connectivity index is 1.69. The number of aryl methyl sites for hydroxylation is 1. The Morgan fingerprint density at radius 2 is 2.32 bits per heavy atom. The van der Waals surface area contributed by atoms with Crippen LogP contribution in [0.5, 0.6) is 5.75 Å². The fraction of sp³-hybridized carbons (Fsp3) is 0.353. The van der Waals surface area contributed by atoms with Gasteiger partial charge in [-0.3, -0.25) is 14.6 Å². The van der Waals surface area contributed by atoms with Crippen molar-refractivity contribution in [1.29, 1.82) is 0 Å². The quantitative estimate of drug-likeness (QED) is 0.862. The Hall–Kier alpha value is -2.38. The molecule has 2 N–H and O–H groups in total. The first-order valence-corrected chi connectivity index (χ1v) is 8.27. The van der Waals surface area contributed by atoms with Crippen LogP contribution >= 0.6 is 11.6 Å². The molecule has 132 valence electrons. The average molecular weight is 364 g/mol. The van der Waals surface area contributed by atoms with E-state index in [0.717, 1.165) is 5.69 Å². The number of pyridine rings is 2. The van der Waals surface area contributed by atoms with Crippen molar-refractivity contribution in [1.82, 2.24) is 15.3 Å². The molecule has 0 bridgehead atoms. The van der Waals surface area contributed by atoms with E-state index in [1.807, 2.05) is 19.1 Å². The fourth-order valence-corrected chi connectivity index (χ4v) is 2.70. The Labute approximate surface area is 149 Å². The number of H-pyrrole nitrogens is 1. The molecule has 2 aromatic rings. The Morgan fingerprint density at radius 3 is 3.04 bits per heavy atom. The molecule has 1 fully saturated rings. The van der Waals surface area contributed by atoms with Crippen LogP contribution in [0.25, 0.3) is 0 Å². The second-order valence-electron chi connectivity index (χ2n) is 5.80. The molecule has 2 aromatic heterocycles. The highest BCUT2D eigenvalue weighted by atomic mass is 35.5. The standard InChI is InChI=1S/C17H18ClN3O4/c1-10-2-3-12(8-19-10)25-15-9-24-5-4-14(15)21-16(22)11-6-13(18)17(23)20-7-11/h2-3,6-8,14-15H,4-5,9H2,1H3,(H,20,23)(H,21,22)/t14-,15+/m1/s1. The zero-order valence-electron chi connectivity index (χ0n) is 13.6. The van der Waals surface area contributed by atoms with Gasteiger partial charge in [0.1, 0.15) is 16.9 Å². The maximum atomic E-state index is 12.4. The average Bonchev–Trinajstić information content (AvgIpc) is 2.61. The van der Waals surface area contributed by atoms with Gasteiger partial charge in [-0.25, -0.2) is 0 Å². The molecular weight excluding hydrogens is 346 g/mol. The Kier molecular flexibility index (Phi) is 5.35. The van der Waals surface area contributed by atoms with E-state index < -0.39 is 5.56 Å². The van der Waals surface area contributed by atoms with E-state index in [-0.39, 0.29) is 28.6 Å². The topological polar surface area (TPSA) is 93.3 Å². The van der Waals surface area contributed by atoms with Gasteiger partial charge in [0.2, 0.25) is 0 Å². The highest BCUT2D eigenvalue weighted by Gasteiger charge is 2.29. The summed E-state index contributed by atoms with van der Waals surface area (Å²) in [5.41, 5.74) is 0.747. The van der Waals surface area contributed by atoms with E-state index >= 15 is 0 Å². The minimum absolute atomic E-state index is 0.0295. The van der Waals surface area contributed by atoms with Gasteiger partial charge in [0.15, 0.2) is 0 Å². The molecule has 0 aromatic carbocycles. The van der Waals surface area contributed by atoms with Crippen molar-refractivity contribution in [2.75, 3.05) is 13.2 Å². The van der Waals surface area contributed by atoms with Crippen molar-refractivity contribution >= 4 is 17.5 Å². The summed E-state index contributed by atoms with van der Waals surface area (Å²) in [5, 5.41) is 2.89. The third kappa shape index (κ3) is 4.37. The molecule has 3 rings (SSSR count). The number of nitrogens with one attached hydrogen (secondary N) is 2. The summed E-state index contributed by atoms with van der Waals surface area (Å²) in [6.45, 7) is 2.79. The minimum Gasteiger partial charge on any atom is -0.484 e. The van der Waals surface area contributed by atoms with Crippen LogP contribution in [0.4, 0.5) is 0 Å². The summed E-state index contributed by atoms with van der Waals surface area (Å²) in [5.74, 6) is 0.285. The number of carbonyl (C=O) groups excluding carboxylic acids is 1. The predicted molar refractivity (Wildman–Crippen MR) is 92.2 cm³/mol. The third-order valence-corrected chi connectivity index (χ3v) is 4.19. The normalized spacial score (nSPS) is 20.1. The van der Waals surface area contributed by atoms with Crippen molar-refractivity contribution in [3.05, 3.63) is 57.2 Å². The molecule has 0 unspecified atom stereocenters. The van der Waals surface area contributed by atoms with Crippen LogP contribution in [-0.4, -0.2) is 41.2 Å². The Morgan fingerprint density at radius 1 is 1.48 bits per heavy atom. The second kappa shape index (κ2) is 7.67. The van der Waals surface area contributed by atoms with E-state index in [9.17, 15) is 9.59 Å². The molecule has 7 nitrogen and oxygen atoms in total. The van der Waals surface area contributed by atoms with Crippen molar-refractivity contribution in [2.24, 2.45) is 0 Å². The molecule has 2 atom stereocenters. The summed E-state index contributed by atoms with van der Waals surface area (Å²) in [6, 6.07) is 4.80. The lowest BCUT2D eigenvalue weighted by atomic mass is 10.1. The monoisotopic (exact) mass is 363 g/mol. The van der Waals surface area contributed by atoms with Crippen molar-refractivity contribution in [3.63, 3.8) is 0 Å². The first-order chi connectivity index (χ1) is 12.0. The van der Waals surface area contributed by atoms with Gasteiger partial charge in [-0.1, -0.05) is 11.6 Å². The fourth-order valence-electron chi connectivity index (χ4n) is 2.53. The van der Waals surface area contributed by atoms with Crippen molar-refractivity contribution < 1.29 is 14.3 Å². The number of carbonyl (C=O) groups is 1. The highest BCUT2D eigenvalue weighted by Crippen LogP contribution is 2.18. The maximum absolute atomic E-state index is 12.4. The summed E-state index contributed by atoms with van der Waals surface area (Å²) in [4.78, 5) is 30.3. The van der Waals surface area contributed by atoms with E-state index in [1.165, 1.54) is 12.3 Å². The number of aromatic amines is 1. The number of halogens is 1. The molecule has 8 heteroatoms. The lowest BCUT2D eigenvalue weighted by Gasteiger charge is -2.32. The summed E-state index contributed by atoms with van der Waals surface area (Å²) < 4.78 is 11.4. The van der Waals surface area contributed by atoms with Crippen molar-refractivity contribution in [2.45, 2.75) is 25.5 Å². The van der Waals surface area contributed by atoms with Crippen LogP contribution < -0.4 is 15.6 Å². The molecular formula is C17H18ClN3O4. The van der Waals surface area contributed by atoms with Crippen molar-refractivity contribution in [3.8, 4) is 5.75 Å². The van der Waals surface area contributed by atoms with E-state index in [4.69, 9.17) is 21.1 Å². The molecule has 1 amide bonds.